The number of nitrogens with two attached hydrogens (primary N) is 1. The third-order valence-electron chi connectivity index (χ3n) is 4.54. The lowest BCUT2D eigenvalue weighted by Gasteiger charge is -2.09. The molecule has 0 unspecified atom stereocenters. The van der Waals surface area contributed by atoms with Gasteiger partial charge in [0, 0.05) is 5.69 Å². The first kappa shape index (κ1) is 19.3. The maximum Gasteiger partial charge on any atom is 0.271 e. The number of thiophene rings is 1. The van der Waals surface area contributed by atoms with Crippen molar-refractivity contribution in [1.29, 1.82) is 0 Å². The van der Waals surface area contributed by atoms with Gasteiger partial charge in [0.25, 0.3) is 10.0 Å². The maximum absolute atomic E-state index is 12.5. The van der Waals surface area contributed by atoms with Gasteiger partial charge in [0.2, 0.25) is 5.95 Å². The van der Waals surface area contributed by atoms with E-state index in [1.54, 1.807) is 65.0 Å². The zero-order valence-corrected chi connectivity index (χ0v) is 17.6. The van der Waals surface area contributed by atoms with Crippen LogP contribution < -0.4 is 10.5 Å². The van der Waals surface area contributed by atoms with Gasteiger partial charge in [-0.3, -0.25) is 4.72 Å². The van der Waals surface area contributed by atoms with Crippen LogP contribution in [0.4, 0.5) is 11.6 Å². The standard InChI is InChI=1S/C20H16N6O3S2/c21-20-23-18(16-6-2-8-29-16)15-11-22-26(19(15)24-20)12-13-4-1-5-14(10-13)25-31(27,28)17-7-3-9-30-17/h1-11,25H,12H2,(H2,21,23,24). The van der Waals surface area contributed by atoms with Crippen LogP contribution in [0.3, 0.4) is 0 Å². The number of hydrogen-bond acceptors (Lipinski definition) is 8. The van der Waals surface area contributed by atoms with Crippen LogP contribution >= 0.6 is 11.3 Å². The second-order valence-corrected chi connectivity index (χ2v) is 9.54. The molecule has 0 aliphatic rings. The second kappa shape index (κ2) is 7.52. The van der Waals surface area contributed by atoms with Crippen LogP contribution in [0.1, 0.15) is 5.56 Å². The SMILES string of the molecule is Nc1nc(-c2ccco2)c2cnn(Cc3cccc(NS(=O)(=O)c4cccs4)c3)c2n1. The van der Waals surface area contributed by atoms with Crippen LogP contribution in [0.15, 0.2) is 75.0 Å². The fourth-order valence-corrected chi connectivity index (χ4v) is 5.26. The molecule has 0 saturated heterocycles. The molecule has 0 fully saturated rings. The molecule has 4 aromatic heterocycles. The maximum atomic E-state index is 12.5. The van der Waals surface area contributed by atoms with Crippen molar-refractivity contribution in [1.82, 2.24) is 19.7 Å². The summed E-state index contributed by atoms with van der Waals surface area (Å²) in [5.41, 5.74) is 8.34. The van der Waals surface area contributed by atoms with Crippen molar-refractivity contribution in [2.24, 2.45) is 0 Å². The van der Waals surface area contributed by atoms with Crippen LogP contribution in [0.2, 0.25) is 0 Å². The van der Waals surface area contributed by atoms with Gasteiger partial charge in [-0.15, -0.1) is 11.3 Å². The molecule has 4 heterocycles. The highest BCUT2D eigenvalue weighted by atomic mass is 32.2. The van der Waals surface area contributed by atoms with Gasteiger partial charge in [0.1, 0.15) is 9.90 Å². The minimum Gasteiger partial charge on any atom is -0.463 e. The first-order chi connectivity index (χ1) is 15.0. The summed E-state index contributed by atoms with van der Waals surface area (Å²) < 4.78 is 35.0. The number of anilines is 2. The first-order valence-electron chi connectivity index (χ1n) is 9.18. The van der Waals surface area contributed by atoms with Gasteiger partial charge in [-0.2, -0.15) is 10.1 Å². The van der Waals surface area contributed by atoms with Gasteiger partial charge in [0.15, 0.2) is 11.4 Å². The fraction of sp³-hybridized carbons (Fsp3) is 0.0500. The van der Waals surface area contributed by atoms with Gasteiger partial charge in [-0.25, -0.2) is 18.1 Å². The third kappa shape index (κ3) is 3.76. The molecule has 3 N–H and O–H groups in total. The molecule has 0 aliphatic heterocycles. The lowest BCUT2D eigenvalue weighted by molar-refractivity contribution is 0.580. The van der Waals surface area contributed by atoms with E-state index < -0.39 is 10.0 Å². The first-order valence-corrected chi connectivity index (χ1v) is 11.5. The minimum absolute atomic E-state index is 0.109. The Morgan fingerprint density at radius 3 is 2.81 bits per heavy atom. The Morgan fingerprint density at radius 1 is 1.13 bits per heavy atom. The van der Waals surface area contributed by atoms with Crippen molar-refractivity contribution in [3.05, 3.63) is 71.9 Å². The highest BCUT2D eigenvalue weighted by Crippen LogP contribution is 2.27. The van der Waals surface area contributed by atoms with E-state index >= 15 is 0 Å². The number of aromatic nitrogens is 4. The van der Waals surface area contributed by atoms with Gasteiger partial charge in [0.05, 0.1) is 24.4 Å². The Morgan fingerprint density at radius 2 is 2.03 bits per heavy atom. The Labute approximate surface area is 181 Å². The molecule has 156 valence electrons. The molecule has 0 atom stereocenters. The highest BCUT2D eigenvalue weighted by molar-refractivity contribution is 7.94. The summed E-state index contributed by atoms with van der Waals surface area (Å²) in [5.74, 6) is 0.682. The van der Waals surface area contributed by atoms with Crippen molar-refractivity contribution in [3.8, 4) is 11.5 Å². The summed E-state index contributed by atoms with van der Waals surface area (Å²) in [7, 11) is -3.62. The predicted octanol–water partition coefficient (Wildman–Crippen LogP) is 3.58. The van der Waals surface area contributed by atoms with Gasteiger partial charge >= 0.3 is 0 Å². The summed E-state index contributed by atoms with van der Waals surface area (Å²) in [6.45, 7) is 0.367. The third-order valence-corrected chi connectivity index (χ3v) is 7.32. The lowest BCUT2D eigenvalue weighted by atomic mass is 10.2. The predicted molar refractivity (Wildman–Crippen MR) is 118 cm³/mol. The molecule has 9 nitrogen and oxygen atoms in total. The minimum atomic E-state index is -3.62. The zero-order valence-electron chi connectivity index (χ0n) is 16.0. The summed E-state index contributed by atoms with van der Waals surface area (Å²) >= 11 is 1.16. The summed E-state index contributed by atoms with van der Waals surface area (Å²) in [6.07, 6.45) is 3.22. The molecule has 0 bridgehead atoms. The number of nitrogen functional groups attached to an aromatic ring is 1. The summed E-state index contributed by atoms with van der Waals surface area (Å²) in [4.78, 5) is 8.62. The quantitative estimate of drug-likeness (QED) is 0.403. The van der Waals surface area contributed by atoms with E-state index in [9.17, 15) is 8.42 Å². The largest absolute Gasteiger partial charge is 0.463 e. The van der Waals surface area contributed by atoms with Crippen molar-refractivity contribution >= 4 is 44.0 Å². The number of sulfonamides is 1. The smallest absolute Gasteiger partial charge is 0.271 e. The highest BCUT2D eigenvalue weighted by Gasteiger charge is 2.17. The Kier molecular flexibility index (Phi) is 4.68. The molecule has 0 aliphatic carbocycles. The van der Waals surface area contributed by atoms with Crippen molar-refractivity contribution in [2.75, 3.05) is 10.5 Å². The molecule has 1 aromatic carbocycles. The molecule has 0 spiro atoms. The van der Waals surface area contributed by atoms with Gasteiger partial charge in [-0.05, 0) is 41.3 Å². The number of fused-ring (bicyclic) bond motifs is 1. The van der Waals surface area contributed by atoms with E-state index in [1.807, 2.05) is 6.07 Å². The van der Waals surface area contributed by atoms with Gasteiger partial charge in [-0.1, -0.05) is 18.2 Å². The van der Waals surface area contributed by atoms with E-state index in [4.69, 9.17) is 10.2 Å². The van der Waals surface area contributed by atoms with Gasteiger partial charge < -0.3 is 10.2 Å². The molecule has 0 amide bonds. The molecular formula is C20H16N6O3S2. The van der Waals surface area contributed by atoms with Crippen LogP contribution in [-0.2, 0) is 16.6 Å². The summed E-state index contributed by atoms with van der Waals surface area (Å²) in [5, 5.41) is 6.85. The lowest BCUT2D eigenvalue weighted by Crippen LogP contribution is -2.12. The normalized spacial score (nSPS) is 11.7. The Balaban J connectivity index is 1.46. The van der Waals surface area contributed by atoms with Crippen molar-refractivity contribution in [3.63, 3.8) is 0 Å². The van der Waals surface area contributed by atoms with Crippen LogP contribution in [0.25, 0.3) is 22.5 Å². The summed E-state index contributed by atoms with van der Waals surface area (Å²) in [6, 6.07) is 14.0. The number of benzene rings is 1. The van der Waals surface area contributed by atoms with E-state index in [-0.39, 0.29) is 10.2 Å². The Hall–Kier alpha value is -3.70. The van der Waals surface area contributed by atoms with E-state index in [1.165, 1.54) is 0 Å². The van der Waals surface area contributed by atoms with Crippen LogP contribution in [0.5, 0.6) is 0 Å². The number of hydrogen-bond donors (Lipinski definition) is 2. The second-order valence-electron chi connectivity index (χ2n) is 6.69. The number of nitrogens with zero attached hydrogens (tertiary/aromatic N) is 4. The average molecular weight is 453 g/mol. The van der Waals surface area contributed by atoms with Crippen LogP contribution in [0, 0.1) is 0 Å². The number of nitrogens with one attached hydrogen (secondary N) is 1. The molecule has 5 rings (SSSR count). The van der Waals surface area contributed by atoms with E-state index in [2.05, 4.69) is 19.8 Å². The molecule has 5 aromatic rings. The molecular weight excluding hydrogens is 436 g/mol. The zero-order chi connectivity index (χ0) is 21.4. The Bertz CT molecular complexity index is 1460. The molecule has 0 radical (unpaired) electrons. The average Bonchev–Trinajstić information content (AvgIpc) is 3.50. The van der Waals surface area contributed by atoms with Crippen molar-refractivity contribution < 1.29 is 12.8 Å². The molecule has 31 heavy (non-hydrogen) atoms. The van der Waals surface area contributed by atoms with E-state index in [0.29, 0.717) is 34.7 Å². The topological polar surface area (TPSA) is 129 Å². The monoisotopic (exact) mass is 452 g/mol. The van der Waals surface area contributed by atoms with E-state index in [0.717, 1.165) is 16.9 Å². The number of rotatable bonds is 6. The fourth-order valence-electron chi connectivity index (χ4n) is 3.22. The molecule has 11 heteroatoms. The van der Waals surface area contributed by atoms with Crippen molar-refractivity contribution in [2.45, 2.75) is 10.8 Å². The number of furan rings is 1. The van der Waals surface area contributed by atoms with Crippen LogP contribution in [-0.4, -0.2) is 28.2 Å². The molecule has 0 saturated carbocycles.